The third-order valence-corrected chi connectivity index (χ3v) is 7.92. The van der Waals surface area contributed by atoms with Crippen LogP contribution in [0.25, 0.3) is 6.08 Å². The number of carbonyl (C=O) groups is 1. The molecule has 0 spiro atoms. The average molecular weight is 484 g/mol. The van der Waals surface area contributed by atoms with E-state index in [-0.39, 0.29) is 16.4 Å². The van der Waals surface area contributed by atoms with E-state index in [1.807, 2.05) is 24.3 Å². The first-order chi connectivity index (χ1) is 16.2. The van der Waals surface area contributed by atoms with E-state index in [0.717, 1.165) is 29.7 Å². The Bertz CT molecular complexity index is 1160. The molecule has 0 N–H and O–H groups in total. The molecule has 0 saturated heterocycles. The molecule has 2 fully saturated rings. The van der Waals surface area contributed by atoms with Crippen LogP contribution in [-0.2, 0) is 4.84 Å². The molecule has 4 rings (SSSR count). The summed E-state index contributed by atoms with van der Waals surface area (Å²) in [6, 6.07) is 10.8. The maximum atomic E-state index is 13.0. The van der Waals surface area contributed by atoms with Crippen LogP contribution < -0.4 is 14.2 Å². The number of fused-ring (bicyclic) bond motifs is 2. The number of allylic oxidation sites excluding steroid dienone is 1. The van der Waals surface area contributed by atoms with Crippen LogP contribution >= 0.6 is 11.6 Å². The molecule has 0 aromatic heterocycles. The Morgan fingerprint density at radius 1 is 1.06 bits per heavy atom. The van der Waals surface area contributed by atoms with E-state index in [0.29, 0.717) is 28.2 Å². The van der Waals surface area contributed by atoms with Gasteiger partial charge in [-0.05, 0) is 65.7 Å². The molecule has 180 valence electrons. The van der Waals surface area contributed by atoms with Crippen molar-refractivity contribution in [2.75, 3.05) is 21.3 Å². The number of carbonyl (C=O) groups excluding carboxylic acids is 1. The lowest BCUT2D eigenvalue weighted by Crippen LogP contribution is -2.33. The van der Waals surface area contributed by atoms with Crippen LogP contribution in [0.5, 0.6) is 17.2 Å². The quantitative estimate of drug-likeness (QED) is 0.350. The Morgan fingerprint density at radius 3 is 2.32 bits per heavy atom. The molecule has 34 heavy (non-hydrogen) atoms. The zero-order valence-electron chi connectivity index (χ0n) is 20.4. The fraction of sp³-hybridized carbons (Fsp3) is 0.407. The predicted molar refractivity (Wildman–Crippen MR) is 133 cm³/mol. The lowest BCUT2D eigenvalue weighted by Gasteiger charge is -2.33. The zero-order chi connectivity index (χ0) is 24.7. The molecule has 7 heteroatoms. The van der Waals surface area contributed by atoms with Gasteiger partial charge in [0.15, 0.2) is 11.5 Å². The Labute approximate surface area is 205 Å². The summed E-state index contributed by atoms with van der Waals surface area (Å²) in [5.74, 6) is 0.863. The maximum absolute atomic E-state index is 13.0. The highest BCUT2D eigenvalue weighted by Gasteiger charge is 2.63. The number of halogens is 1. The molecule has 2 aromatic carbocycles. The van der Waals surface area contributed by atoms with E-state index < -0.39 is 5.97 Å². The molecule has 2 aromatic rings. The number of nitrogens with zero attached hydrogens (tertiary/aromatic N) is 1. The Morgan fingerprint density at radius 2 is 1.74 bits per heavy atom. The van der Waals surface area contributed by atoms with Gasteiger partial charge in [-0.1, -0.05) is 49.7 Å². The minimum Gasteiger partial charge on any atom is -0.493 e. The number of hydrogen-bond donors (Lipinski definition) is 0. The first kappa shape index (κ1) is 24.1. The molecule has 2 saturated carbocycles. The number of oxime groups is 1. The molecular formula is C27H30ClNO5. The summed E-state index contributed by atoms with van der Waals surface area (Å²) in [5, 5.41) is 5.13. The highest BCUT2D eigenvalue weighted by atomic mass is 35.5. The summed E-state index contributed by atoms with van der Waals surface area (Å²) in [4.78, 5) is 18.5. The van der Waals surface area contributed by atoms with Gasteiger partial charge >= 0.3 is 5.97 Å². The van der Waals surface area contributed by atoms with Crippen LogP contribution in [0.2, 0.25) is 5.02 Å². The van der Waals surface area contributed by atoms with Crippen LogP contribution in [0.1, 0.15) is 49.5 Å². The van der Waals surface area contributed by atoms with Gasteiger partial charge in [0, 0.05) is 10.4 Å². The molecule has 0 amide bonds. The van der Waals surface area contributed by atoms with Gasteiger partial charge in [0.1, 0.15) is 0 Å². The normalized spacial score (nSPS) is 25.0. The highest BCUT2D eigenvalue weighted by Crippen LogP contribution is 2.66. The third kappa shape index (κ3) is 3.84. The second-order valence-corrected chi connectivity index (χ2v) is 9.97. The summed E-state index contributed by atoms with van der Waals surface area (Å²) < 4.78 is 16.0. The summed E-state index contributed by atoms with van der Waals surface area (Å²) in [6.07, 6.45) is 4.17. The molecule has 0 radical (unpaired) electrons. The summed E-state index contributed by atoms with van der Waals surface area (Å²) >= 11 is 6.21. The minimum atomic E-state index is -0.599. The number of hydrogen-bond acceptors (Lipinski definition) is 6. The predicted octanol–water partition coefficient (Wildman–Crippen LogP) is 6.42. The fourth-order valence-electron chi connectivity index (χ4n) is 5.39. The van der Waals surface area contributed by atoms with Crippen molar-refractivity contribution in [3.8, 4) is 17.2 Å². The van der Waals surface area contributed by atoms with E-state index >= 15 is 0 Å². The van der Waals surface area contributed by atoms with Crippen molar-refractivity contribution in [1.29, 1.82) is 0 Å². The van der Waals surface area contributed by atoms with Gasteiger partial charge in [-0.15, -0.1) is 0 Å². The van der Waals surface area contributed by atoms with Gasteiger partial charge in [-0.3, -0.25) is 0 Å². The highest BCUT2D eigenvalue weighted by molar-refractivity contribution is 6.30. The Balaban J connectivity index is 1.71. The second-order valence-electron chi connectivity index (χ2n) is 9.53. The van der Waals surface area contributed by atoms with Crippen molar-refractivity contribution in [2.45, 2.75) is 33.6 Å². The number of ether oxygens (including phenoxy) is 3. The minimum absolute atomic E-state index is 0.0186. The van der Waals surface area contributed by atoms with Crippen LogP contribution in [0.15, 0.2) is 47.1 Å². The number of rotatable bonds is 6. The molecule has 0 heterocycles. The fourth-order valence-corrected chi connectivity index (χ4v) is 5.59. The average Bonchev–Trinajstić information content (AvgIpc) is 3.13. The Kier molecular flexibility index (Phi) is 6.38. The van der Waals surface area contributed by atoms with Gasteiger partial charge in [0.25, 0.3) is 0 Å². The van der Waals surface area contributed by atoms with Gasteiger partial charge in [0.2, 0.25) is 5.75 Å². The lowest BCUT2D eigenvalue weighted by atomic mass is 9.70. The first-order valence-corrected chi connectivity index (χ1v) is 11.6. The molecule has 2 aliphatic carbocycles. The largest absolute Gasteiger partial charge is 0.493 e. The summed E-state index contributed by atoms with van der Waals surface area (Å²) in [6.45, 7) is 6.73. The number of methoxy groups -OCH3 is 3. The van der Waals surface area contributed by atoms with Crippen molar-refractivity contribution in [2.24, 2.45) is 21.9 Å². The summed E-state index contributed by atoms with van der Waals surface area (Å²) in [5.41, 5.74) is 2.94. The van der Waals surface area contributed by atoms with Crippen LogP contribution in [-0.4, -0.2) is 33.0 Å². The van der Waals surface area contributed by atoms with Crippen LogP contribution in [0.3, 0.4) is 0 Å². The van der Waals surface area contributed by atoms with Gasteiger partial charge in [0.05, 0.1) is 32.6 Å². The molecule has 2 bridgehead atoms. The SMILES string of the molecule is COc1cc(C(=O)ON=C2C(=Cc3cccc(Cl)c3)C3CCC2(C)C3(C)C)cc(OC)c1OC. The topological polar surface area (TPSA) is 66.4 Å². The zero-order valence-corrected chi connectivity index (χ0v) is 21.2. The number of benzene rings is 2. The maximum Gasteiger partial charge on any atom is 0.366 e. The van der Waals surface area contributed by atoms with E-state index in [4.69, 9.17) is 30.6 Å². The van der Waals surface area contributed by atoms with E-state index in [1.165, 1.54) is 21.3 Å². The summed E-state index contributed by atoms with van der Waals surface area (Å²) in [7, 11) is 4.51. The van der Waals surface area contributed by atoms with Crippen molar-refractivity contribution in [3.05, 3.63) is 58.1 Å². The monoisotopic (exact) mass is 483 g/mol. The van der Waals surface area contributed by atoms with Gasteiger partial charge in [-0.25, -0.2) is 4.79 Å². The van der Waals surface area contributed by atoms with Crippen molar-refractivity contribution in [3.63, 3.8) is 0 Å². The van der Waals surface area contributed by atoms with Crippen LogP contribution in [0.4, 0.5) is 0 Å². The molecule has 2 unspecified atom stereocenters. The van der Waals surface area contributed by atoms with Crippen molar-refractivity contribution >= 4 is 29.4 Å². The first-order valence-electron chi connectivity index (χ1n) is 11.2. The third-order valence-electron chi connectivity index (χ3n) is 7.69. The molecule has 0 aliphatic heterocycles. The second kappa shape index (κ2) is 8.99. The van der Waals surface area contributed by atoms with Gasteiger partial charge in [-0.2, -0.15) is 0 Å². The van der Waals surface area contributed by atoms with Crippen molar-refractivity contribution < 1.29 is 23.8 Å². The van der Waals surface area contributed by atoms with Crippen LogP contribution in [0, 0.1) is 16.7 Å². The molecule has 2 aliphatic rings. The van der Waals surface area contributed by atoms with Crippen molar-refractivity contribution in [1.82, 2.24) is 0 Å². The standard InChI is InChI=1S/C27H30ClNO5/c1-26(2)20-10-11-27(26,3)24(19(20)13-16-8-7-9-18(28)12-16)29-34-25(30)17-14-21(31-4)23(33-6)22(15-17)32-5/h7-9,12-15,20H,10-11H2,1-6H3. The van der Waals surface area contributed by atoms with E-state index in [1.54, 1.807) is 12.1 Å². The lowest BCUT2D eigenvalue weighted by molar-refractivity contribution is 0.0508. The van der Waals surface area contributed by atoms with E-state index in [2.05, 4.69) is 32.0 Å². The Hall–Kier alpha value is -2.99. The van der Waals surface area contributed by atoms with E-state index in [9.17, 15) is 4.79 Å². The van der Waals surface area contributed by atoms with Gasteiger partial charge < -0.3 is 19.0 Å². The molecule has 6 nitrogen and oxygen atoms in total. The molecule has 2 atom stereocenters. The molecular weight excluding hydrogens is 454 g/mol. The smallest absolute Gasteiger partial charge is 0.366 e.